The summed E-state index contributed by atoms with van der Waals surface area (Å²) in [5.41, 5.74) is -0.278. The molecule has 0 aromatic rings. The van der Waals surface area contributed by atoms with Gasteiger partial charge in [-0.25, -0.2) is 0 Å². The van der Waals surface area contributed by atoms with Crippen molar-refractivity contribution in [2.45, 2.75) is 24.8 Å². The molecule has 74 valence electrons. The molecule has 1 amide bonds. The Morgan fingerprint density at radius 1 is 1.62 bits per heavy atom. The zero-order valence-corrected chi connectivity index (χ0v) is 7.58. The van der Waals surface area contributed by atoms with Gasteiger partial charge < -0.3 is 15.2 Å². The predicted molar refractivity (Wildman–Crippen MR) is 46.1 cm³/mol. The highest BCUT2D eigenvalue weighted by Crippen LogP contribution is 2.35. The fourth-order valence-corrected chi connectivity index (χ4v) is 1.58. The van der Waals surface area contributed by atoms with E-state index in [1.54, 1.807) is 0 Å². The Morgan fingerprint density at radius 3 is 2.85 bits per heavy atom. The lowest BCUT2D eigenvalue weighted by Gasteiger charge is -2.16. The number of carbonyl (C=O) groups excluding carboxylic acids is 1. The lowest BCUT2D eigenvalue weighted by Crippen LogP contribution is -2.43. The Hall–Kier alpha value is -0.610. The summed E-state index contributed by atoms with van der Waals surface area (Å²) in [5.74, 6) is 0.0491. The molecule has 1 saturated carbocycles. The average molecular weight is 185 g/mol. The fraction of sp³-hybridized carbons (Fsp3) is 0.889. The van der Waals surface area contributed by atoms with Crippen LogP contribution in [0.3, 0.4) is 0 Å². The van der Waals surface area contributed by atoms with E-state index in [-0.39, 0.29) is 24.0 Å². The molecule has 2 fully saturated rings. The quantitative estimate of drug-likeness (QED) is 0.632. The van der Waals surface area contributed by atoms with E-state index in [2.05, 4.69) is 5.32 Å². The van der Waals surface area contributed by atoms with Crippen molar-refractivity contribution in [1.82, 2.24) is 5.32 Å². The first kappa shape index (κ1) is 8.97. The van der Waals surface area contributed by atoms with Gasteiger partial charge >= 0.3 is 0 Å². The summed E-state index contributed by atoms with van der Waals surface area (Å²) in [4.78, 5) is 11.6. The number of ether oxygens (including phenoxy) is 1. The van der Waals surface area contributed by atoms with E-state index in [0.29, 0.717) is 13.2 Å². The molecule has 1 heterocycles. The summed E-state index contributed by atoms with van der Waals surface area (Å²) in [6.45, 7) is 1.28. The van der Waals surface area contributed by atoms with Crippen LogP contribution in [0.5, 0.6) is 0 Å². The lowest BCUT2D eigenvalue weighted by molar-refractivity contribution is -0.126. The highest BCUT2D eigenvalue weighted by atomic mass is 16.5. The summed E-state index contributed by atoms with van der Waals surface area (Å²) in [5, 5.41) is 11.9. The third-order valence-electron chi connectivity index (χ3n) is 2.85. The molecule has 1 unspecified atom stereocenters. The summed E-state index contributed by atoms with van der Waals surface area (Å²) in [6.07, 6.45) is 2.62. The van der Waals surface area contributed by atoms with Crippen molar-refractivity contribution in [3.63, 3.8) is 0 Å². The molecule has 1 saturated heterocycles. The van der Waals surface area contributed by atoms with Gasteiger partial charge in [-0.1, -0.05) is 0 Å². The molecule has 4 heteroatoms. The maximum absolute atomic E-state index is 11.6. The molecule has 4 nitrogen and oxygen atoms in total. The van der Waals surface area contributed by atoms with E-state index in [1.807, 2.05) is 0 Å². The van der Waals surface area contributed by atoms with Crippen molar-refractivity contribution >= 4 is 5.91 Å². The first-order chi connectivity index (χ1) is 6.26. The molecule has 2 rings (SSSR count). The normalized spacial score (nSPS) is 30.1. The van der Waals surface area contributed by atoms with E-state index in [9.17, 15) is 4.79 Å². The minimum atomic E-state index is -0.278. The number of amides is 1. The summed E-state index contributed by atoms with van der Waals surface area (Å²) >= 11 is 0. The molecule has 13 heavy (non-hydrogen) atoms. The van der Waals surface area contributed by atoms with Gasteiger partial charge in [0.2, 0.25) is 5.91 Å². The monoisotopic (exact) mass is 185 g/mol. The molecule has 0 spiro atoms. The Bertz CT molecular complexity index is 207. The van der Waals surface area contributed by atoms with Gasteiger partial charge in [0.05, 0.1) is 24.7 Å². The second kappa shape index (κ2) is 3.27. The van der Waals surface area contributed by atoms with Gasteiger partial charge in [0.1, 0.15) is 0 Å². The van der Waals surface area contributed by atoms with Crippen LogP contribution in [0.15, 0.2) is 0 Å². The van der Waals surface area contributed by atoms with E-state index < -0.39 is 0 Å². The van der Waals surface area contributed by atoms with Crippen LogP contribution in [-0.2, 0) is 9.53 Å². The fourth-order valence-electron chi connectivity index (χ4n) is 1.58. The zero-order chi connectivity index (χ0) is 9.31. The zero-order valence-electron chi connectivity index (χ0n) is 7.58. The van der Waals surface area contributed by atoms with E-state index >= 15 is 0 Å². The molecular weight excluding hydrogens is 170 g/mol. The van der Waals surface area contributed by atoms with Gasteiger partial charge in [0.25, 0.3) is 0 Å². The largest absolute Gasteiger partial charge is 0.394 e. The van der Waals surface area contributed by atoms with Crippen molar-refractivity contribution in [3.8, 4) is 0 Å². The van der Waals surface area contributed by atoms with Gasteiger partial charge in [0, 0.05) is 6.61 Å². The van der Waals surface area contributed by atoms with Crippen molar-refractivity contribution in [2.75, 3.05) is 19.8 Å². The van der Waals surface area contributed by atoms with Gasteiger partial charge in [0.15, 0.2) is 0 Å². The Balaban J connectivity index is 1.84. The molecule has 1 aliphatic heterocycles. The third kappa shape index (κ3) is 1.84. The summed E-state index contributed by atoms with van der Waals surface area (Å²) in [6, 6.07) is 0. The number of aliphatic hydroxyl groups excluding tert-OH is 1. The first-order valence-corrected chi connectivity index (χ1v) is 4.76. The molecule has 1 aliphatic carbocycles. The molecule has 0 aromatic carbocycles. The highest BCUT2D eigenvalue weighted by molar-refractivity contribution is 5.80. The van der Waals surface area contributed by atoms with Gasteiger partial charge in [-0.05, 0) is 19.3 Å². The number of aliphatic hydroxyl groups is 1. The average Bonchev–Trinajstić information content (AvgIpc) is 2.69. The van der Waals surface area contributed by atoms with Crippen molar-refractivity contribution in [2.24, 2.45) is 5.92 Å². The SMILES string of the molecule is O=C(NC1(CO)CC1)C1CCOC1. The molecule has 2 N–H and O–H groups in total. The number of hydrogen-bond donors (Lipinski definition) is 2. The van der Waals surface area contributed by atoms with E-state index in [4.69, 9.17) is 9.84 Å². The lowest BCUT2D eigenvalue weighted by atomic mass is 10.1. The van der Waals surface area contributed by atoms with Crippen LogP contribution in [-0.4, -0.2) is 36.4 Å². The van der Waals surface area contributed by atoms with Crippen LogP contribution in [0.2, 0.25) is 0 Å². The van der Waals surface area contributed by atoms with Gasteiger partial charge in [-0.3, -0.25) is 4.79 Å². The number of hydrogen-bond acceptors (Lipinski definition) is 3. The van der Waals surface area contributed by atoms with Gasteiger partial charge in [-0.15, -0.1) is 0 Å². The van der Waals surface area contributed by atoms with Crippen LogP contribution in [0.1, 0.15) is 19.3 Å². The third-order valence-corrected chi connectivity index (χ3v) is 2.85. The van der Waals surface area contributed by atoms with Gasteiger partial charge in [-0.2, -0.15) is 0 Å². The Morgan fingerprint density at radius 2 is 2.38 bits per heavy atom. The summed E-state index contributed by atoms with van der Waals surface area (Å²) < 4.78 is 5.12. The number of carbonyl (C=O) groups is 1. The van der Waals surface area contributed by atoms with Crippen LogP contribution >= 0.6 is 0 Å². The van der Waals surface area contributed by atoms with E-state index in [1.165, 1.54) is 0 Å². The molecule has 2 aliphatic rings. The molecular formula is C9H15NO3. The second-order valence-corrected chi connectivity index (χ2v) is 3.99. The Labute approximate surface area is 77.3 Å². The molecule has 0 bridgehead atoms. The maximum atomic E-state index is 11.6. The number of nitrogens with one attached hydrogen (secondary N) is 1. The standard InChI is InChI=1S/C9H15NO3/c11-6-9(2-3-9)10-8(12)7-1-4-13-5-7/h7,11H,1-6H2,(H,10,12). The Kier molecular flexibility index (Phi) is 2.26. The highest BCUT2D eigenvalue weighted by Gasteiger charge is 2.44. The predicted octanol–water partition coefficient (Wildman–Crippen LogP) is -0.336. The van der Waals surface area contributed by atoms with Crippen molar-refractivity contribution in [1.29, 1.82) is 0 Å². The van der Waals surface area contributed by atoms with Crippen LogP contribution in [0.4, 0.5) is 0 Å². The molecule has 0 aromatic heterocycles. The smallest absolute Gasteiger partial charge is 0.226 e. The minimum absolute atomic E-state index is 0.00373. The first-order valence-electron chi connectivity index (χ1n) is 4.76. The second-order valence-electron chi connectivity index (χ2n) is 3.99. The van der Waals surface area contributed by atoms with Crippen LogP contribution in [0, 0.1) is 5.92 Å². The summed E-state index contributed by atoms with van der Waals surface area (Å²) in [7, 11) is 0. The van der Waals surface area contributed by atoms with Crippen LogP contribution in [0.25, 0.3) is 0 Å². The molecule has 1 atom stereocenters. The minimum Gasteiger partial charge on any atom is -0.394 e. The van der Waals surface area contributed by atoms with Crippen molar-refractivity contribution < 1.29 is 14.6 Å². The number of rotatable bonds is 3. The van der Waals surface area contributed by atoms with E-state index in [0.717, 1.165) is 19.3 Å². The van der Waals surface area contributed by atoms with Crippen molar-refractivity contribution in [3.05, 3.63) is 0 Å². The van der Waals surface area contributed by atoms with Crippen LogP contribution < -0.4 is 5.32 Å². The molecule has 0 radical (unpaired) electrons. The topological polar surface area (TPSA) is 58.6 Å². The maximum Gasteiger partial charge on any atom is 0.226 e.